The quantitative estimate of drug-likeness (QED) is 0.263. The van der Waals surface area contributed by atoms with Gasteiger partial charge in [0.25, 0.3) is 0 Å². The van der Waals surface area contributed by atoms with Gasteiger partial charge in [0.2, 0.25) is 11.8 Å². The van der Waals surface area contributed by atoms with Crippen LogP contribution in [0, 0.1) is 0 Å². The summed E-state index contributed by atoms with van der Waals surface area (Å²) in [4.78, 5) is 36.0. The van der Waals surface area contributed by atoms with Gasteiger partial charge in [-0.2, -0.15) is 0 Å². The van der Waals surface area contributed by atoms with Crippen molar-refractivity contribution < 1.29 is 19.1 Å². The fraction of sp³-hybridized carbons (Fsp3) is 0.800. The summed E-state index contributed by atoms with van der Waals surface area (Å²) in [6.07, 6.45) is 24.0. The third-order valence-electron chi connectivity index (χ3n) is 10.3. The van der Waals surface area contributed by atoms with Crippen molar-refractivity contribution in [1.82, 2.24) is 14.8 Å². The molecule has 1 aromatic heterocycles. The molecule has 234 valence electrons. The van der Waals surface area contributed by atoms with Crippen LogP contribution in [0.1, 0.15) is 140 Å². The lowest BCUT2D eigenvalue weighted by atomic mass is 9.88. The fourth-order valence-electron chi connectivity index (χ4n) is 8.17. The number of ether oxygens (including phenoxy) is 2. The Morgan fingerprint density at radius 1 is 0.548 bits per heavy atom. The molecule has 0 aromatic carbocycles. The van der Waals surface area contributed by atoms with Crippen LogP contribution < -0.4 is 0 Å². The second kappa shape index (κ2) is 16.7. The summed E-state index contributed by atoms with van der Waals surface area (Å²) in [5.41, 5.74) is 1.59. The summed E-state index contributed by atoms with van der Waals surface area (Å²) in [5, 5.41) is 0. The van der Waals surface area contributed by atoms with Crippen LogP contribution >= 0.6 is 0 Å². The van der Waals surface area contributed by atoms with Crippen LogP contribution in [-0.4, -0.2) is 64.0 Å². The monoisotopic (exact) mass is 581 g/mol. The SMILES string of the molecule is O=C(COCc1cccc(COCC(=O)N(C2CCCCC2)C2CCCCC2)n1)N(C1CCCCC1)C1CCCCC1. The zero-order valence-corrected chi connectivity index (χ0v) is 26.0. The Labute approximate surface area is 254 Å². The van der Waals surface area contributed by atoms with Crippen LogP contribution in [0.15, 0.2) is 18.2 Å². The van der Waals surface area contributed by atoms with Gasteiger partial charge in [0.05, 0.1) is 24.6 Å². The third kappa shape index (κ3) is 9.01. The van der Waals surface area contributed by atoms with Crippen LogP contribution in [0.3, 0.4) is 0 Å². The molecule has 7 heteroatoms. The van der Waals surface area contributed by atoms with Crippen molar-refractivity contribution in [2.75, 3.05) is 13.2 Å². The molecule has 4 saturated carbocycles. The van der Waals surface area contributed by atoms with Gasteiger partial charge in [0.1, 0.15) is 13.2 Å². The lowest BCUT2D eigenvalue weighted by Crippen LogP contribution is -2.50. The summed E-state index contributed by atoms with van der Waals surface area (Å²) in [6, 6.07) is 7.36. The second-order valence-corrected chi connectivity index (χ2v) is 13.4. The summed E-state index contributed by atoms with van der Waals surface area (Å²) in [7, 11) is 0. The molecule has 0 unspecified atom stereocenters. The molecule has 42 heavy (non-hydrogen) atoms. The van der Waals surface area contributed by atoms with Crippen molar-refractivity contribution in [2.45, 2.75) is 166 Å². The van der Waals surface area contributed by atoms with E-state index in [4.69, 9.17) is 14.5 Å². The Bertz CT molecular complexity index is 853. The molecule has 4 aliphatic carbocycles. The first-order valence-electron chi connectivity index (χ1n) is 17.4. The molecule has 1 heterocycles. The predicted octanol–water partition coefficient (Wildman–Crippen LogP) is 7.10. The minimum atomic E-state index is 0.113. The van der Waals surface area contributed by atoms with Crippen molar-refractivity contribution in [1.29, 1.82) is 0 Å². The first-order valence-corrected chi connectivity index (χ1v) is 17.4. The van der Waals surface area contributed by atoms with Gasteiger partial charge >= 0.3 is 0 Å². The molecule has 0 N–H and O–H groups in total. The molecule has 2 amide bonds. The maximum atomic E-state index is 13.4. The lowest BCUT2D eigenvalue weighted by molar-refractivity contribution is -0.144. The van der Waals surface area contributed by atoms with Crippen molar-refractivity contribution in [2.24, 2.45) is 0 Å². The number of hydrogen-bond acceptors (Lipinski definition) is 5. The zero-order valence-electron chi connectivity index (χ0n) is 26.0. The van der Waals surface area contributed by atoms with E-state index in [1.165, 1.54) is 77.0 Å². The number of carbonyl (C=O) groups excluding carboxylic acids is 2. The maximum Gasteiger partial charge on any atom is 0.249 e. The molecular formula is C35H55N3O4. The highest BCUT2D eigenvalue weighted by Crippen LogP contribution is 2.32. The van der Waals surface area contributed by atoms with E-state index in [0.717, 1.165) is 62.8 Å². The number of amides is 2. The highest BCUT2D eigenvalue weighted by Gasteiger charge is 2.33. The topological polar surface area (TPSA) is 72.0 Å². The van der Waals surface area contributed by atoms with Gasteiger partial charge in [0.15, 0.2) is 0 Å². The summed E-state index contributed by atoms with van der Waals surface area (Å²) in [6.45, 7) is 0.835. The normalized spacial score (nSPS) is 21.7. The molecule has 1 aromatic rings. The number of hydrogen-bond donors (Lipinski definition) is 0. The van der Waals surface area contributed by atoms with Crippen molar-refractivity contribution in [3.63, 3.8) is 0 Å². The summed E-state index contributed by atoms with van der Waals surface area (Å²) in [5.74, 6) is 0.291. The summed E-state index contributed by atoms with van der Waals surface area (Å²) < 4.78 is 11.9. The largest absolute Gasteiger partial charge is 0.365 e. The smallest absolute Gasteiger partial charge is 0.249 e. The number of nitrogens with zero attached hydrogens (tertiary/aromatic N) is 3. The second-order valence-electron chi connectivity index (χ2n) is 13.4. The van der Waals surface area contributed by atoms with Gasteiger partial charge < -0.3 is 19.3 Å². The van der Waals surface area contributed by atoms with Crippen LogP contribution in [0.2, 0.25) is 0 Å². The van der Waals surface area contributed by atoms with E-state index < -0.39 is 0 Å². The molecule has 0 atom stereocenters. The van der Waals surface area contributed by atoms with E-state index >= 15 is 0 Å². The molecule has 0 bridgehead atoms. The van der Waals surface area contributed by atoms with E-state index in [1.807, 2.05) is 18.2 Å². The molecule has 5 rings (SSSR count). The molecular weight excluding hydrogens is 526 g/mol. The van der Waals surface area contributed by atoms with Gasteiger partial charge in [0, 0.05) is 24.2 Å². The number of rotatable bonds is 12. The Morgan fingerprint density at radius 2 is 0.857 bits per heavy atom. The Hall–Kier alpha value is -1.99. The van der Waals surface area contributed by atoms with Gasteiger partial charge in [-0.15, -0.1) is 0 Å². The zero-order chi connectivity index (χ0) is 29.0. The minimum absolute atomic E-state index is 0.113. The van der Waals surface area contributed by atoms with Gasteiger partial charge in [-0.05, 0) is 63.5 Å². The van der Waals surface area contributed by atoms with Crippen LogP contribution in [-0.2, 0) is 32.3 Å². The molecule has 7 nitrogen and oxygen atoms in total. The lowest BCUT2D eigenvalue weighted by Gasteiger charge is -2.41. The third-order valence-corrected chi connectivity index (χ3v) is 10.3. The highest BCUT2D eigenvalue weighted by molar-refractivity contribution is 5.78. The van der Waals surface area contributed by atoms with Crippen LogP contribution in [0.5, 0.6) is 0 Å². The molecule has 0 radical (unpaired) electrons. The molecule has 0 saturated heterocycles. The van der Waals surface area contributed by atoms with E-state index in [9.17, 15) is 9.59 Å². The van der Waals surface area contributed by atoms with Gasteiger partial charge in [-0.3, -0.25) is 14.6 Å². The van der Waals surface area contributed by atoms with E-state index in [0.29, 0.717) is 37.4 Å². The highest BCUT2D eigenvalue weighted by atomic mass is 16.5. The van der Waals surface area contributed by atoms with Gasteiger partial charge in [-0.25, -0.2) is 0 Å². The number of carbonyl (C=O) groups is 2. The van der Waals surface area contributed by atoms with Crippen molar-refractivity contribution in [3.8, 4) is 0 Å². The first kappa shape index (κ1) is 31.4. The number of pyridine rings is 1. The Morgan fingerprint density at radius 3 is 1.17 bits per heavy atom. The van der Waals surface area contributed by atoms with Gasteiger partial charge in [-0.1, -0.05) is 83.1 Å². The first-order chi connectivity index (χ1) is 20.7. The van der Waals surface area contributed by atoms with Crippen LogP contribution in [0.4, 0.5) is 0 Å². The van der Waals surface area contributed by atoms with Crippen molar-refractivity contribution in [3.05, 3.63) is 29.6 Å². The molecule has 0 aliphatic heterocycles. The summed E-state index contributed by atoms with van der Waals surface area (Å²) >= 11 is 0. The Kier molecular flexibility index (Phi) is 12.5. The number of aromatic nitrogens is 1. The minimum Gasteiger partial charge on any atom is -0.365 e. The van der Waals surface area contributed by atoms with Crippen LogP contribution in [0.25, 0.3) is 0 Å². The molecule has 4 aliphatic rings. The molecule has 4 fully saturated rings. The molecule has 0 spiro atoms. The average molecular weight is 582 g/mol. The fourth-order valence-corrected chi connectivity index (χ4v) is 8.17. The standard InChI is InChI=1S/C35H55N3O4/c39-34(37(30-16-5-1-6-17-30)31-18-7-2-8-19-31)26-41-24-28-14-13-15-29(36-28)25-42-27-35(40)38(32-20-9-3-10-21-32)33-22-11-4-12-23-33/h13-15,30-33H,1-12,16-27H2. The maximum absolute atomic E-state index is 13.4. The van der Waals surface area contributed by atoms with E-state index in [1.54, 1.807) is 0 Å². The van der Waals surface area contributed by atoms with E-state index in [2.05, 4.69) is 9.80 Å². The van der Waals surface area contributed by atoms with E-state index in [-0.39, 0.29) is 25.0 Å². The predicted molar refractivity (Wildman–Crippen MR) is 165 cm³/mol. The Balaban J connectivity index is 1.09. The average Bonchev–Trinajstić information content (AvgIpc) is 3.04. The van der Waals surface area contributed by atoms with Crippen molar-refractivity contribution >= 4 is 11.8 Å².